The number of nitrogens with one attached hydrogen (secondary N) is 1. The van der Waals surface area contributed by atoms with E-state index >= 15 is 0 Å². The molecule has 8 heteroatoms. The molecule has 0 unspecified atom stereocenters. The highest BCUT2D eigenvalue weighted by Gasteiger charge is 2.54. The van der Waals surface area contributed by atoms with Gasteiger partial charge in [-0.15, -0.1) is 11.3 Å². The molecule has 7 nitrogen and oxygen atoms in total. The van der Waals surface area contributed by atoms with E-state index in [0.717, 1.165) is 34.4 Å². The number of methoxy groups -OCH3 is 1. The van der Waals surface area contributed by atoms with Gasteiger partial charge in [0.2, 0.25) is 0 Å². The second-order valence-corrected chi connectivity index (χ2v) is 9.87. The summed E-state index contributed by atoms with van der Waals surface area (Å²) in [5, 5.41) is 3.98. The maximum Gasteiger partial charge on any atom is 0.274 e. The number of para-hydroxylation sites is 1. The van der Waals surface area contributed by atoms with Gasteiger partial charge in [-0.25, -0.2) is 4.98 Å². The van der Waals surface area contributed by atoms with E-state index in [1.165, 1.54) is 11.3 Å². The molecule has 0 bridgehead atoms. The van der Waals surface area contributed by atoms with Crippen molar-refractivity contribution in [2.75, 3.05) is 13.7 Å². The number of carbonyl (C=O) groups is 2. The summed E-state index contributed by atoms with van der Waals surface area (Å²) in [6, 6.07) is 17.2. The number of ether oxygens (including phenoxy) is 1. The highest BCUT2D eigenvalue weighted by Crippen LogP contribution is 2.48. The Morgan fingerprint density at radius 1 is 1.11 bits per heavy atom. The summed E-state index contributed by atoms with van der Waals surface area (Å²) >= 11 is 1.45. The van der Waals surface area contributed by atoms with Gasteiger partial charge in [0.25, 0.3) is 11.8 Å². The van der Waals surface area contributed by atoms with Crippen molar-refractivity contribution in [3.05, 3.63) is 77.6 Å². The smallest absolute Gasteiger partial charge is 0.274 e. The summed E-state index contributed by atoms with van der Waals surface area (Å²) in [6.45, 7) is 0.402. The molecule has 2 aliphatic rings. The molecule has 6 rings (SSSR count). The van der Waals surface area contributed by atoms with Crippen molar-refractivity contribution < 1.29 is 14.3 Å². The second-order valence-electron chi connectivity index (χ2n) is 9.02. The van der Waals surface area contributed by atoms with E-state index < -0.39 is 0 Å². The van der Waals surface area contributed by atoms with Crippen LogP contribution in [0.25, 0.3) is 21.3 Å². The fourth-order valence-electron chi connectivity index (χ4n) is 5.14. The van der Waals surface area contributed by atoms with E-state index in [1.807, 2.05) is 53.4 Å². The SMILES string of the molecule is COc1cccc(-c2scnc2C(=O)N2[C@H](CNC(=O)c3cccc4cccnc34)C[C@@H]3C[C@@H]32)c1. The Kier molecular flexibility index (Phi) is 5.45. The number of benzene rings is 2. The largest absolute Gasteiger partial charge is 0.497 e. The van der Waals surface area contributed by atoms with Gasteiger partial charge in [-0.05, 0) is 48.6 Å². The van der Waals surface area contributed by atoms with Gasteiger partial charge in [0, 0.05) is 24.2 Å². The number of fused-ring (bicyclic) bond motifs is 2. The van der Waals surface area contributed by atoms with Gasteiger partial charge in [0.1, 0.15) is 11.4 Å². The van der Waals surface area contributed by atoms with Crippen LogP contribution in [0.2, 0.25) is 0 Å². The minimum Gasteiger partial charge on any atom is -0.497 e. The lowest BCUT2D eigenvalue weighted by molar-refractivity contribution is 0.0684. The molecule has 2 aromatic heterocycles. The molecule has 4 aromatic rings. The van der Waals surface area contributed by atoms with Crippen LogP contribution in [0.15, 0.2) is 66.3 Å². The zero-order valence-electron chi connectivity index (χ0n) is 19.2. The molecule has 1 saturated heterocycles. The molecule has 2 fully saturated rings. The van der Waals surface area contributed by atoms with Gasteiger partial charge in [0.05, 0.1) is 34.6 Å². The maximum atomic E-state index is 13.7. The molecule has 1 N–H and O–H groups in total. The third-order valence-electron chi connectivity index (χ3n) is 6.92. The number of likely N-dealkylation sites (tertiary alicyclic amines) is 1. The first kappa shape index (κ1) is 21.7. The molecule has 0 radical (unpaired) electrons. The molecule has 1 aliphatic heterocycles. The van der Waals surface area contributed by atoms with E-state index in [9.17, 15) is 9.59 Å². The summed E-state index contributed by atoms with van der Waals surface area (Å²) in [6.07, 6.45) is 3.60. The van der Waals surface area contributed by atoms with E-state index in [1.54, 1.807) is 24.9 Å². The van der Waals surface area contributed by atoms with Crippen LogP contribution in [0.1, 0.15) is 33.7 Å². The van der Waals surface area contributed by atoms with Crippen LogP contribution in [0, 0.1) is 5.92 Å². The van der Waals surface area contributed by atoms with Gasteiger partial charge in [0.15, 0.2) is 0 Å². The molecule has 2 amide bonds. The third kappa shape index (κ3) is 3.93. The molecule has 1 aliphatic carbocycles. The van der Waals surface area contributed by atoms with Crippen molar-refractivity contribution in [1.29, 1.82) is 0 Å². The third-order valence-corrected chi connectivity index (χ3v) is 7.80. The lowest BCUT2D eigenvalue weighted by atomic mass is 10.1. The van der Waals surface area contributed by atoms with Gasteiger partial charge in [-0.2, -0.15) is 0 Å². The van der Waals surface area contributed by atoms with Crippen LogP contribution < -0.4 is 10.1 Å². The number of amides is 2. The molecule has 35 heavy (non-hydrogen) atoms. The number of hydrogen-bond donors (Lipinski definition) is 1. The highest BCUT2D eigenvalue weighted by atomic mass is 32.1. The molecule has 1 saturated carbocycles. The molecule has 3 atom stereocenters. The Morgan fingerprint density at radius 3 is 2.86 bits per heavy atom. The van der Waals surface area contributed by atoms with Crippen LogP contribution >= 0.6 is 11.3 Å². The Hall–Kier alpha value is -3.78. The molecule has 3 heterocycles. The van der Waals surface area contributed by atoms with Crippen molar-refractivity contribution in [3.8, 4) is 16.2 Å². The number of carbonyl (C=O) groups excluding carboxylic acids is 2. The summed E-state index contributed by atoms with van der Waals surface area (Å²) in [4.78, 5) is 38.4. The molecule has 176 valence electrons. The maximum absolute atomic E-state index is 13.7. The summed E-state index contributed by atoms with van der Waals surface area (Å²) in [5.74, 6) is 0.994. The van der Waals surface area contributed by atoms with Crippen LogP contribution in [-0.4, -0.2) is 52.4 Å². The number of thiazole rings is 1. The number of aromatic nitrogens is 2. The zero-order chi connectivity index (χ0) is 23.9. The van der Waals surface area contributed by atoms with Crippen molar-refractivity contribution in [1.82, 2.24) is 20.2 Å². The average molecular weight is 485 g/mol. The fraction of sp³-hybridized carbons (Fsp3) is 0.259. The molecular formula is C27H24N4O3S. The van der Waals surface area contributed by atoms with Crippen LogP contribution in [0.4, 0.5) is 0 Å². The highest BCUT2D eigenvalue weighted by molar-refractivity contribution is 7.13. The first-order chi connectivity index (χ1) is 17.1. The molecule has 0 spiro atoms. The normalized spacial score (nSPS) is 20.5. The van der Waals surface area contributed by atoms with Crippen molar-refractivity contribution in [3.63, 3.8) is 0 Å². The summed E-state index contributed by atoms with van der Waals surface area (Å²) in [7, 11) is 1.63. The first-order valence-electron chi connectivity index (χ1n) is 11.7. The lowest BCUT2D eigenvalue weighted by Gasteiger charge is -2.27. The molecular weight excluding hydrogens is 460 g/mol. The Morgan fingerprint density at radius 2 is 1.97 bits per heavy atom. The van der Waals surface area contributed by atoms with E-state index in [-0.39, 0.29) is 23.9 Å². The minimum absolute atomic E-state index is 0.0574. The summed E-state index contributed by atoms with van der Waals surface area (Å²) in [5.41, 5.74) is 4.32. The predicted molar refractivity (Wildman–Crippen MR) is 135 cm³/mol. The van der Waals surface area contributed by atoms with E-state index in [4.69, 9.17) is 4.74 Å². The van der Waals surface area contributed by atoms with E-state index in [2.05, 4.69) is 15.3 Å². The van der Waals surface area contributed by atoms with Gasteiger partial charge in [-0.3, -0.25) is 14.6 Å². The monoisotopic (exact) mass is 484 g/mol. The predicted octanol–water partition coefficient (Wildman–Crippen LogP) is 4.40. The number of rotatable bonds is 6. The number of piperidine rings is 1. The first-order valence-corrected chi connectivity index (χ1v) is 12.5. The minimum atomic E-state index is -0.173. The van der Waals surface area contributed by atoms with Crippen molar-refractivity contribution in [2.45, 2.75) is 24.9 Å². The average Bonchev–Trinajstić information content (AvgIpc) is 3.31. The lowest BCUT2D eigenvalue weighted by Crippen LogP contribution is -2.45. The number of hydrogen-bond acceptors (Lipinski definition) is 6. The Bertz CT molecular complexity index is 1430. The van der Waals surface area contributed by atoms with E-state index in [0.29, 0.717) is 29.2 Å². The topological polar surface area (TPSA) is 84.4 Å². The second kappa shape index (κ2) is 8.78. The quantitative estimate of drug-likeness (QED) is 0.439. The molecule has 2 aromatic carbocycles. The summed E-state index contributed by atoms with van der Waals surface area (Å²) < 4.78 is 5.36. The van der Waals surface area contributed by atoms with Crippen LogP contribution in [0.3, 0.4) is 0 Å². The van der Waals surface area contributed by atoms with Gasteiger partial charge < -0.3 is 15.0 Å². The van der Waals surface area contributed by atoms with Crippen molar-refractivity contribution in [2.24, 2.45) is 5.92 Å². The van der Waals surface area contributed by atoms with Crippen LogP contribution in [0.5, 0.6) is 5.75 Å². The fourth-order valence-corrected chi connectivity index (χ4v) is 5.92. The number of nitrogens with zero attached hydrogens (tertiary/aromatic N) is 3. The van der Waals surface area contributed by atoms with Gasteiger partial charge >= 0.3 is 0 Å². The standard InChI is InChI=1S/C27H24N4O3S/c1-34-20-8-2-6-17(12-20)25-24(30-15-35-25)27(33)31-19(11-18-13-22(18)31)14-29-26(32)21-9-3-5-16-7-4-10-28-23(16)21/h2-10,12,15,18-19,22H,11,13-14H2,1H3,(H,29,32)/t18-,19+,22+/m1/s1. The van der Waals surface area contributed by atoms with Crippen molar-refractivity contribution >= 4 is 34.1 Å². The number of pyridine rings is 1. The zero-order valence-corrected chi connectivity index (χ0v) is 20.0. The Balaban J connectivity index is 1.21. The van der Waals surface area contributed by atoms with Crippen LogP contribution in [-0.2, 0) is 0 Å². The van der Waals surface area contributed by atoms with Gasteiger partial charge in [-0.1, -0.05) is 30.3 Å². The Labute approximate surface area is 206 Å².